The van der Waals surface area contributed by atoms with Crippen LogP contribution in [0.1, 0.15) is 22.5 Å². The second-order valence-corrected chi connectivity index (χ2v) is 6.90. The molecule has 0 unspecified atom stereocenters. The highest BCUT2D eigenvalue weighted by Gasteiger charge is 2.32. The molecule has 2 aromatic heterocycles. The lowest BCUT2D eigenvalue weighted by molar-refractivity contribution is 0.0512. The Kier molecular flexibility index (Phi) is 5.09. The molecule has 1 saturated heterocycles. The fourth-order valence-corrected chi connectivity index (χ4v) is 3.68. The summed E-state index contributed by atoms with van der Waals surface area (Å²) in [6, 6.07) is 3.64. The van der Waals surface area contributed by atoms with Crippen LogP contribution in [0.4, 0.5) is 0 Å². The zero-order valence-electron chi connectivity index (χ0n) is 13.1. The molecule has 0 spiro atoms. The van der Waals surface area contributed by atoms with E-state index in [1.807, 2.05) is 12.1 Å². The third-order valence-electron chi connectivity index (χ3n) is 4.20. The Labute approximate surface area is 139 Å². The number of nitrogens with one attached hydrogen (secondary N) is 2. The van der Waals surface area contributed by atoms with Gasteiger partial charge in [0.15, 0.2) is 10.8 Å². The number of hydrogen-bond donors (Lipinski definition) is 2. The number of carbonyl (C=O) groups is 1. The number of thiazole rings is 1. The molecule has 23 heavy (non-hydrogen) atoms. The molecule has 1 amide bonds. The van der Waals surface area contributed by atoms with Gasteiger partial charge >= 0.3 is 0 Å². The van der Waals surface area contributed by atoms with Crippen molar-refractivity contribution >= 4 is 17.2 Å². The first-order valence-corrected chi connectivity index (χ1v) is 8.52. The number of amides is 1. The highest BCUT2D eigenvalue weighted by atomic mass is 32.1. The van der Waals surface area contributed by atoms with E-state index in [0.717, 1.165) is 25.9 Å². The second kappa shape index (κ2) is 7.25. The van der Waals surface area contributed by atoms with Gasteiger partial charge in [-0.05, 0) is 38.1 Å². The van der Waals surface area contributed by atoms with Crippen LogP contribution in [0.25, 0.3) is 10.8 Å². The molecule has 1 aliphatic heterocycles. The van der Waals surface area contributed by atoms with Crippen molar-refractivity contribution < 1.29 is 13.9 Å². The maximum Gasteiger partial charge on any atom is 0.263 e. The van der Waals surface area contributed by atoms with Crippen LogP contribution >= 0.6 is 11.3 Å². The average molecular weight is 335 g/mol. The Bertz CT molecular complexity index is 627. The molecule has 7 heteroatoms. The van der Waals surface area contributed by atoms with E-state index in [4.69, 9.17) is 9.15 Å². The monoisotopic (exact) mass is 335 g/mol. The Morgan fingerprint density at radius 2 is 2.35 bits per heavy atom. The molecule has 3 rings (SSSR count). The van der Waals surface area contributed by atoms with E-state index in [0.29, 0.717) is 28.8 Å². The summed E-state index contributed by atoms with van der Waals surface area (Å²) >= 11 is 1.34. The van der Waals surface area contributed by atoms with Crippen LogP contribution in [-0.4, -0.2) is 44.2 Å². The third kappa shape index (κ3) is 3.80. The fraction of sp³-hybridized carbons (Fsp3) is 0.500. The number of piperidine rings is 1. The quantitative estimate of drug-likeness (QED) is 0.846. The lowest BCUT2D eigenvalue weighted by atomic mass is 9.79. The van der Waals surface area contributed by atoms with Gasteiger partial charge in [0, 0.05) is 19.1 Å². The molecule has 1 fully saturated rings. The number of nitrogens with zero attached hydrogens (tertiary/aromatic N) is 1. The van der Waals surface area contributed by atoms with Crippen LogP contribution in [-0.2, 0) is 4.74 Å². The lowest BCUT2D eigenvalue weighted by Gasteiger charge is -2.37. The second-order valence-electron chi connectivity index (χ2n) is 5.87. The molecule has 0 saturated carbocycles. The minimum absolute atomic E-state index is 0.0180. The van der Waals surface area contributed by atoms with Crippen LogP contribution in [0, 0.1) is 5.41 Å². The number of aromatic nitrogens is 1. The molecule has 0 bridgehead atoms. The van der Waals surface area contributed by atoms with Gasteiger partial charge in [0.1, 0.15) is 4.88 Å². The van der Waals surface area contributed by atoms with Crippen LogP contribution < -0.4 is 10.6 Å². The fourth-order valence-electron chi connectivity index (χ4n) is 2.88. The number of rotatable bonds is 6. The minimum atomic E-state index is -0.0886. The largest absolute Gasteiger partial charge is 0.462 e. The number of hydrogen-bond acceptors (Lipinski definition) is 6. The van der Waals surface area contributed by atoms with Crippen molar-refractivity contribution in [2.24, 2.45) is 5.41 Å². The topological polar surface area (TPSA) is 76.4 Å². The van der Waals surface area contributed by atoms with Crippen LogP contribution in [0.15, 0.2) is 29.0 Å². The first-order valence-electron chi connectivity index (χ1n) is 7.70. The third-order valence-corrected chi connectivity index (χ3v) is 5.21. The van der Waals surface area contributed by atoms with Crippen molar-refractivity contribution in [2.45, 2.75) is 12.8 Å². The van der Waals surface area contributed by atoms with Crippen molar-refractivity contribution in [2.75, 3.05) is 33.4 Å². The predicted molar refractivity (Wildman–Crippen MR) is 88.6 cm³/mol. The summed E-state index contributed by atoms with van der Waals surface area (Å²) in [5.74, 6) is 0.595. The molecule has 2 N–H and O–H groups in total. The van der Waals surface area contributed by atoms with E-state index in [1.165, 1.54) is 11.3 Å². The van der Waals surface area contributed by atoms with Crippen molar-refractivity contribution in [3.63, 3.8) is 0 Å². The van der Waals surface area contributed by atoms with E-state index < -0.39 is 0 Å². The van der Waals surface area contributed by atoms with Gasteiger partial charge in [-0.3, -0.25) is 4.79 Å². The zero-order valence-corrected chi connectivity index (χ0v) is 13.9. The van der Waals surface area contributed by atoms with Gasteiger partial charge in [-0.2, -0.15) is 0 Å². The van der Waals surface area contributed by atoms with E-state index in [2.05, 4.69) is 15.6 Å². The van der Waals surface area contributed by atoms with Gasteiger partial charge in [-0.15, -0.1) is 11.3 Å². The van der Waals surface area contributed by atoms with Gasteiger partial charge < -0.3 is 19.8 Å². The highest BCUT2D eigenvalue weighted by Crippen LogP contribution is 2.29. The van der Waals surface area contributed by atoms with Gasteiger partial charge in [-0.1, -0.05) is 0 Å². The Hall–Kier alpha value is -1.70. The Morgan fingerprint density at radius 3 is 3.04 bits per heavy atom. The Balaban J connectivity index is 1.62. The molecule has 1 aliphatic rings. The standard InChI is InChI=1S/C16H21N3O3S/c1-21-11-16(4-6-17-7-5-16)10-19-14(20)13-9-18-15(23-13)12-3-2-8-22-12/h2-3,8-9,17H,4-7,10-11H2,1H3,(H,19,20). The van der Waals surface area contributed by atoms with Gasteiger partial charge in [0.05, 0.1) is 19.1 Å². The van der Waals surface area contributed by atoms with E-state index in [1.54, 1.807) is 19.6 Å². The summed E-state index contributed by atoms with van der Waals surface area (Å²) < 4.78 is 10.7. The molecule has 6 nitrogen and oxygen atoms in total. The maximum absolute atomic E-state index is 12.4. The van der Waals surface area contributed by atoms with Crippen molar-refractivity contribution in [3.05, 3.63) is 29.5 Å². The van der Waals surface area contributed by atoms with Crippen molar-refractivity contribution in [1.82, 2.24) is 15.6 Å². The summed E-state index contributed by atoms with van der Waals surface area (Å²) in [5.41, 5.74) is 0.0180. The van der Waals surface area contributed by atoms with Crippen LogP contribution in [0.5, 0.6) is 0 Å². The lowest BCUT2D eigenvalue weighted by Crippen LogP contribution is -2.47. The van der Waals surface area contributed by atoms with E-state index in [-0.39, 0.29) is 11.3 Å². The molecular formula is C16H21N3O3S. The molecule has 3 heterocycles. The summed E-state index contributed by atoms with van der Waals surface area (Å²) in [4.78, 5) is 17.2. The smallest absolute Gasteiger partial charge is 0.263 e. The minimum Gasteiger partial charge on any atom is -0.462 e. The number of methoxy groups -OCH3 is 1. The molecule has 0 aliphatic carbocycles. The average Bonchev–Trinajstić information content (AvgIpc) is 3.25. The van der Waals surface area contributed by atoms with Gasteiger partial charge in [0.25, 0.3) is 5.91 Å². The molecule has 0 radical (unpaired) electrons. The Morgan fingerprint density at radius 1 is 1.52 bits per heavy atom. The summed E-state index contributed by atoms with van der Waals surface area (Å²) in [7, 11) is 1.71. The predicted octanol–water partition coefficient (Wildman–Crippen LogP) is 2.15. The molecule has 2 aromatic rings. The SMILES string of the molecule is COCC1(CNC(=O)c2cnc(-c3ccco3)s2)CCNCC1. The molecule has 0 aromatic carbocycles. The summed E-state index contributed by atoms with van der Waals surface area (Å²) in [6.45, 7) is 3.20. The zero-order chi connectivity index (χ0) is 16.1. The van der Waals surface area contributed by atoms with Gasteiger partial charge in [-0.25, -0.2) is 4.98 Å². The first-order chi connectivity index (χ1) is 11.2. The van der Waals surface area contributed by atoms with Gasteiger partial charge in [0.2, 0.25) is 0 Å². The van der Waals surface area contributed by atoms with E-state index >= 15 is 0 Å². The van der Waals surface area contributed by atoms with Crippen molar-refractivity contribution in [3.8, 4) is 10.8 Å². The summed E-state index contributed by atoms with van der Waals surface area (Å²) in [6.07, 6.45) is 5.20. The van der Waals surface area contributed by atoms with Crippen LogP contribution in [0.3, 0.4) is 0 Å². The molecule has 124 valence electrons. The number of ether oxygens (including phenoxy) is 1. The first kappa shape index (κ1) is 16.2. The number of carbonyl (C=O) groups excluding carboxylic acids is 1. The summed E-state index contributed by atoms with van der Waals surface area (Å²) in [5, 5.41) is 7.11. The van der Waals surface area contributed by atoms with Crippen LogP contribution in [0.2, 0.25) is 0 Å². The van der Waals surface area contributed by atoms with E-state index in [9.17, 15) is 4.79 Å². The number of furan rings is 1. The normalized spacial score (nSPS) is 17.1. The molecule has 0 atom stereocenters. The molecular weight excluding hydrogens is 314 g/mol. The highest BCUT2D eigenvalue weighted by molar-refractivity contribution is 7.16. The maximum atomic E-state index is 12.4. The van der Waals surface area contributed by atoms with Crippen molar-refractivity contribution in [1.29, 1.82) is 0 Å².